The molecule has 1 aliphatic heterocycles. The largest absolute Gasteiger partial charge is 0.396 e. The lowest BCUT2D eigenvalue weighted by Crippen LogP contribution is -2.52. The Morgan fingerprint density at radius 1 is 1.36 bits per heavy atom. The number of anilines is 1. The Labute approximate surface area is 127 Å². The van der Waals surface area contributed by atoms with Gasteiger partial charge < -0.3 is 10.0 Å². The molecule has 0 aliphatic carbocycles. The lowest BCUT2D eigenvalue weighted by atomic mass is 10.1. The third-order valence-electron chi connectivity index (χ3n) is 3.89. The lowest BCUT2D eigenvalue weighted by Gasteiger charge is -2.39. The van der Waals surface area contributed by atoms with Gasteiger partial charge >= 0.3 is 6.18 Å². The molecule has 1 aliphatic rings. The van der Waals surface area contributed by atoms with Gasteiger partial charge in [-0.2, -0.15) is 13.2 Å². The predicted octanol–water partition coefficient (Wildman–Crippen LogP) is 1.47. The summed E-state index contributed by atoms with van der Waals surface area (Å²) in [5.41, 5.74) is 0.403. The highest BCUT2D eigenvalue weighted by Crippen LogP contribution is 2.22. The van der Waals surface area contributed by atoms with Crippen molar-refractivity contribution in [2.75, 3.05) is 38.2 Å². The minimum atomic E-state index is -4.18. The molecule has 1 saturated heterocycles. The van der Waals surface area contributed by atoms with E-state index in [0.29, 0.717) is 24.6 Å². The van der Waals surface area contributed by atoms with Gasteiger partial charge in [0, 0.05) is 50.6 Å². The average Bonchev–Trinajstić information content (AvgIpc) is 2.47. The number of alkyl halides is 3. The highest BCUT2D eigenvalue weighted by Gasteiger charge is 2.28. The van der Waals surface area contributed by atoms with Crippen LogP contribution in [0.5, 0.6) is 0 Å². The Morgan fingerprint density at radius 2 is 2.14 bits per heavy atom. The van der Waals surface area contributed by atoms with Crippen molar-refractivity contribution in [1.82, 2.24) is 14.9 Å². The number of rotatable bonds is 5. The van der Waals surface area contributed by atoms with Gasteiger partial charge in [-0.1, -0.05) is 0 Å². The van der Waals surface area contributed by atoms with Gasteiger partial charge in [-0.15, -0.1) is 0 Å². The van der Waals surface area contributed by atoms with Crippen LogP contribution in [0, 0.1) is 0 Å². The molecule has 0 amide bonds. The average molecular weight is 318 g/mol. The van der Waals surface area contributed by atoms with Crippen LogP contribution < -0.4 is 4.90 Å². The first kappa shape index (κ1) is 17.0. The zero-order valence-electron chi connectivity index (χ0n) is 12.6. The summed E-state index contributed by atoms with van der Waals surface area (Å²) in [5.74, 6) is 0.468. The Balaban J connectivity index is 2.02. The molecule has 1 atom stereocenters. The molecule has 22 heavy (non-hydrogen) atoms. The van der Waals surface area contributed by atoms with Crippen LogP contribution >= 0.6 is 0 Å². The molecule has 124 valence electrons. The standard InChI is InChI=1S/C14H21F3N4O/c1-20-7-8-21(10-12(20)4-9-22)13-18-6-3-11(19-13)2-5-14(15,16)17/h3,6,12,22H,2,4-5,7-10H2,1H3. The number of aryl methyl sites for hydroxylation is 1. The fraction of sp³-hybridized carbons (Fsp3) is 0.714. The highest BCUT2D eigenvalue weighted by atomic mass is 19.4. The number of likely N-dealkylation sites (N-methyl/N-ethyl adjacent to an activating group) is 1. The summed E-state index contributed by atoms with van der Waals surface area (Å²) in [6.07, 6.45) is -3.02. The van der Waals surface area contributed by atoms with E-state index in [0.717, 1.165) is 13.1 Å². The number of aromatic nitrogens is 2. The van der Waals surface area contributed by atoms with Crippen molar-refractivity contribution in [2.24, 2.45) is 0 Å². The summed E-state index contributed by atoms with van der Waals surface area (Å²) in [5, 5.41) is 9.10. The van der Waals surface area contributed by atoms with Crippen molar-refractivity contribution in [2.45, 2.75) is 31.5 Å². The van der Waals surface area contributed by atoms with Crippen LogP contribution in [0.2, 0.25) is 0 Å². The molecule has 2 heterocycles. The maximum atomic E-state index is 12.3. The summed E-state index contributed by atoms with van der Waals surface area (Å²) in [4.78, 5) is 12.6. The number of aliphatic hydroxyl groups excluding tert-OH is 1. The molecule has 0 spiro atoms. The van der Waals surface area contributed by atoms with E-state index in [1.807, 2.05) is 11.9 Å². The van der Waals surface area contributed by atoms with E-state index in [1.165, 1.54) is 12.3 Å². The third-order valence-corrected chi connectivity index (χ3v) is 3.89. The van der Waals surface area contributed by atoms with E-state index in [-0.39, 0.29) is 19.1 Å². The monoisotopic (exact) mass is 318 g/mol. The van der Waals surface area contributed by atoms with Gasteiger partial charge in [-0.3, -0.25) is 4.90 Å². The first-order valence-electron chi connectivity index (χ1n) is 7.34. The Morgan fingerprint density at radius 3 is 2.82 bits per heavy atom. The first-order valence-corrected chi connectivity index (χ1v) is 7.34. The van der Waals surface area contributed by atoms with Crippen molar-refractivity contribution < 1.29 is 18.3 Å². The molecule has 1 aromatic heterocycles. The van der Waals surface area contributed by atoms with Gasteiger partial charge in [0.05, 0.1) is 0 Å². The van der Waals surface area contributed by atoms with Gasteiger partial charge in [-0.25, -0.2) is 9.97 Å². The number of piperazine rings is 1. The van der Waals surface area contributed by atoms with Crippen molar-refractivity contribution in [3.63, 3.8) is 0 Å². The zero-order chi connectivity index (χ0) is 16.2. The molecule has 5 nitrogen and oxygen atoms in total. The SMILES string of the molecule is CN1CCN(c2nccc(CCC(F)(F)F)n2)CC1CCO. The van der Waals surface area contributed by atoms with Gasteiger partial charge in [0.25, 0.3) is 0 Å². The van der Waals surface area contributed by atoms with Gasteiger partial charge in [0.15, 0.2) is 0 Å². The molecule has 1 N–H and O–H groups in total. The molecule has 0 aromatic carbocycles. The second kappa shape index (κ2) is 7.23. The lowest BCUT2D eigenvalue weighted by molar-refractivity contribution is -0.134. The zero-order valence-corrected chi connectivity index (χ0v) is 12.6. The van der Waals surface area contributed by atoms with E-state index in [9.17, 15) is 13.2 Å². The molecule has 8 heteroatoms. The van der Waals surface area contributed by atoms with Gasteiger partial charge in [-0.05, 0) is 26.0 Å². The Bertz CT molecular complexity index is 483. The maximum absolute atomic E-state index is 12.3. The fourth-order valence-corrected chi connectivity index (χ4v) is 2.53. The number of hydrogen-bond donors (Lipinski definition) is 1. The van der Waals surface area contributed by atoms with Crippen molar-refractivity contribution in [3.05, 3.63) is 18.0 Å². The smallest absolute Gasteiger partial charge is 0.389 e. The summed E-state index contributed by atoms with van der Waals surface area (Å²) in [7, 11) is 2.00. The summed E-state index contributed by atoms with van der Waals surface area (Å²) < 4.78 is 36.9. The van der Waals surface area contributed by atoms with Crippen molar-refractivity contribution in [3.8, 4) is 0 Å². The minimum absolute atomic E-state index is 0.106. The maximum Gasteiger partial charge on any atom is 0.389 e. The van der Waals surface area contributed by atoms with Crippen LogP contribution in [-0.2, 0) is 6.42 Å². The second-order valence-corrected chi connectivity index (χ2v) is 5.56. The van der Waals surface area contributed by atoms with E-state index < -0.39 is 12.6 Å². The summed E-state index contributed by atoms with van der Waals surface area (Å²) in [6, 6.07) is 1.72. The van der Waals surface area contributed by atoms with E-state index in [1.54, 1.807) is 0 Å². The van der Waals surface area contributed by atoms with Crippen LogP contribution in [0.15, 0.2) is 12.3 Å². The van der Waals surface area contributed by atoms with Crippen molar-refractivity contribution >= 4 is 5.95 Å². The highest BCUT2D eigenvalue weighted by molar-refractivity contribution is 5.31. The minimum Gasteiger partial charge on any atom is -0.396 e. The van der Waals surface area contributed by atoms with Crippen LogP contribution in [0.3, 0.4) is 0 Å². The fourth-order valence-electron chi connectivity index (χ4n) is 2.53. The quantitative estimate of drug-likeness (QED) is 0.891. The van der Waals surface area contributed by atoms with E-state index in [4.69, 9.17) is 5.11 Å². The normalized spacial score (nSPS) is 20.4. The molecule has 0 saturated carbocycles. The number of halogens is 3. The molecule has 1 unspecified atom stereocenters. The molecular weight excluding hydrogens is 297 g/mol. The Hall–Kier alpha value is -1.41. The van der Waals surface area contributed by atoms with E-state index in [2.05, 4.69) is 14.9 Å². The second-order valence-electron chi connectivity index (χ2n) is 5.56. The molecular formula is C14H21F3N4O. The molecule has 1 aromatic rings. The predicted molar refractivity (Wildman–Crippen MR) is 76.7 cm³/mol. The molecule has 1 fully saturated rings. The number of hydrogen-bond acceptors (Lipinski definition) is 5. The van der Waals surface area contributed by atoms with Gasteiger partial charge in [0.2, 0.25) is 5.95 Å². The Kier molecular flexibility index (Phi) is 5.57. The summed E-state index contributed by atoms with van der Waals surface area (Å²) >= 11 is 0. The third kappa shape index (κ3) is 4.81. The van der Waals surface area contributed by atoms with Crippen LogP contribution in [0.4, 0.5) is 19.1 Å². The molecule has 0 bridgehead atoms. The first-order chi connectivity index (χ1) is 10.4. The molecule has 2 rings (SSSR count). The van der Waals surface area contributed by atoms with Crippen LogP contribution in [-0.4, -0.2) is 65.5 Å². The summed E-state index contributed by atoms with van der Waals surface area (Å²) in [6.45, 7) is 2.30. The molecule has 0 radical (unpaired) electrons. The number of nitrogens with zero attached hydrogens (tertiary/aromatic N) is 4. The van der Waals surface area contributed by atoms with Gasteiger partial charge in [0.1, 0.15) is 0 Å². The topological polar surface area (TPSA) is 52.5 Å². The van der Waals surface area contributed by atoms with E-state index >= 15 is 0 Å². The van der Waals surface area contributed by atoms with Crippen LogP contribution in [0.25, 0.3) is 0 Å². The number of aliphatic hydroxyl groups is 1. The van der Waals surface area contributed by atoms with Crippen molar-refractivity contribution in [1.29, 1.82) is 0 Å². The van der Waals surface area contributed by atoms with Crippen LogP contribution in [0.1, 0.15) is 18.5 Å².